The Hall–Kier alpha value is -2.53. The summed E-state index contributed by atoms with van der Waals surface area (Å²) in [5.74, 6) is 0.289. The monoisotopic (exact) mass is 371 g/mol. The highest BCUT2D eigenvalue weighted by Gasteiger charge is 2.10. The number of aromatic nitrogens is 1. The average Bonchev–Trinajstić information content (AvgIpc) is 2.99. The summed E-state index contributed by atoms with van der Waals surface area (Å²) >= 11 is 3.26. The molecule has 0 radical (unpaired) electrons. The first kappa shape index (κ1) is 15.4. The van der Waals surface area contributed by atoms with Crippen LogP contribution in [0.3, 0.4) is 0 Å². The van der Waals surface area contributed by atoms with Crippen LogP contribution >= 0.6 is 15.9 Å². The lowest BCUT2D eigenvalue weighted by molar-refractivity contribution is 0.104. The number of fused-ring (bicyclic) bond motifs is 1. The number of phenols is 1. The second-order valence-corrected chi connectivity index (χ2v) is 5.85. The number of methoxy groups -OCH3 is 1. The number of hydrogen-bond donors (Lipinski definition) is 2. The van der Waals surface area contributed by atoms with E-state index < -0.39 is 0 Å². The lowest BCUT2D eigenvalue weighted by Gasteiger charge is -2.06. The molecule has 1 aromatic heterocycles. The van der Waals surface area contributed by atoms with E-state index in [1.807, 2.05) is 24.3 Å². The summed E-state index contributed by atoms with van der Waals surface area (Å²) in [5, 5.41) is 10.7. The zero-order valence-corrected chi connectivity index (χ0v) is 13.9. The number of H-pyrrole nitrogens is 1. The fraction of sp³-hybridized carbons (Fsp3) is 0.0556. The number of phenolic OH excluding ortho intramolecular Hbond substituents is 1. The molecule has 3 aromatic rings. The van der Waals surface area contributed by atoms with Crippen LogP contribution < -0.4 is 4.74 Å². The molecular formula is C18H14BrNO3. The van der Waals surface area contributed by atoms with E-state index in [0.717, 1.165) is 16.5 Å². The van der Waals surface area contributed by atoms with Gasteiger partial charge in [0.2, 0.25) is 0 Å². The topological polar surface area (TPSA) is 62.3 Å². The van der Waals surface area contributed by atoms with Gasteiger partial charge < -0.3 is 14.8 Å². The predicted octanol–water partition coefficient (Wildman–Crippen LogP) is 4.54. The zero-order chi connectivity index (χ0) is 16.4. The molecule has 2 aromatic carbocycles. The molecule has 0 aliphatic carbocycles. The quantitative estimate of drug-likeness (QED) is 0.522. The Labute approximate surface area is 141 Å². The molecule has 4 nitrogen and oxygen atoms in total. The normalized spacial score (nSPS) is 11.2. The molecule has 0 bridgehead atoms. The minimum Gasteiger partial charge on any atom is -0.503 e. The van der Waals surface area contributed by atoms with Crippen molar-refractivity contribution in [2.24, 2.45) is 0 Å². The maximum Gasteiger partial charge on any atom is 0.187 e. The molecule has 23 heavy (non-hydrogen) atoms. The van der Waals surface area contributed by atoms with Gasteiger partial charge >= 0.3 is 0 Å². The summed E-state index contributed by atoms with van der Waals surface area (Å²) in [5.41, 5.74) is 2.31. The van der Waals surface area contributed by atoms with Crippen LogP contribution in [-0.4, -0.2) is 23.0 Å². The highest BCUT2D eigenvalue weighted by atomic mass is 79.9. The van der Waals surface area contributed by atoms with Crippen molar-refractivity contribution in [1.29, 1.82) is 0 Å². The number of para-hydroxylation sites is 1. The number of halogens is 1. The van der Waals surface area contributed by atoms with E-state index in [-0.39, 0.29) is 11.5 Å². The molecule has 5 heteroatoms. The van der Waals surface area contributed by atoms with Crippen molar-refractivity contribution < 1.29 is 14.6 Å². The maximum atomic E-state index is 12.4. The third-order valence-corrected chi connectivity index (χ3v) is 4.16. The Kier molecular flexibility index (Phi) is 4.21. The van der Waals surface area contributed by atoms with E-state index in [4.69, 9.17) is 4.74 Å². The van der Waals surface area contributed by atoms with Gasteiger partial charge in [0.25, 0.3) is 0 Å². The van der Waals surface area contributed by atoms with Crippen molar-refractivity contribution in [2.45, 2.75) is 0 Å². The van der Waals surface area contributed by atoms with E-state index in [0.29, 0.717) is 15.8 Å². The Bertz CT molecular complexity index is 912. The summed E-state index contributed by atoms with van der Waals surface area (Å²) < 4.78 is 5.61. The van der Waals surface area contributed by atoms with Crippen molar-refractivity contribution >= 4 is 38.7 Å². The fourth-order valence-corrected chi connectivity index (χ4v) is 2.84. The van der Waals surface area contributed by atoms with Crippen LogP contribution in [0.2, 0.25) is 0 Å². The molecule has 0 aliphatic heterocycles. The number of nitrogens with one attached hydrogen (secondary N) is 1. The molecule has 0 saturated carbocycles. The molecule has 2 N–H and O–H groups in total. The molecule has 1 heterocycles. The first-order valence-corrected chi connectivity index (χ1v) is 7.74. The molecule has 0 saturated heterocycles. The van der Waals surface area contributed by atoms with Gasteiger partial charge in [-0.1, -0.05) is 24.3 Å². The van der Waals surface area contributed by atoms with Gasteiger partial charge in [0.05, 0.1) is 11.6 Å². The number of aromatic hydroxyl groups is 1. The highest BCUT2D eigenvalue weighted by molar-refractivity contribution is 9.10. The van der Waals surface area contributed by atoms with Crippen LogP contribution in [0.25, 0.3) is 17.0 Å². The third-order valence-electron chi connectivity index (χ3n) is 3.55. The van der Waals surface area contributed by atoms with E-state index in [2.05, 4.69) is 20.9 Å². The highest BCUT2D eigenvalue weighted by Crippen LogP contribution is 2.35. The van der Waals surface area contributed by atoms with Crippen LogP contribution in [0.15, 0.2) is 53.1 Å². The van der Waals surface area contributed by atoms with E-state index >= 15 is 0 Å². The van der Waals surface area contributed by atoms with Crippen molar-refractivity contribution in [3.63, 3.8) is 0 Å². The standard InChI is InChI=1S/C18H14BrNO3/c1-23-17-9-11(8-14(19)18(17)22)6-7-16(21)13-10-20-15-5-3-2-4-12(13)15/h2-10,20,22H,1H3/b7-6+. The molecule has 0 unspecified atom stereocenters. The third kappa shape index (κ3) is 3.00. The van der Waals surface area contributed by atoms with E-state index in [9.17, 15) is 9.90 Å². The first-order valence-electron chi connectivity index (χ1n) is 6.95. The van der Waals surface area contributed by atoms with Crippen molar-refractivity contribution in [3.8, 4) is 11.5 Å². The lowest BCUT2D eigenvalue weighted by Crippen LogP contribution is -1.92. The van der Waals surface area contributed by atoms with Gasteiger partial charge in [0.1, 0.15) is 0 Å². The van der Waals surface area contributed by atoms with Gasteiger partial charge in [-0.05, 0) is 45.8 Å². The molecule has 0 spiro atoms. The molecule has 0 amide bonds. The van der Waals surface area contributed by atoms with Crippen LogP contribution in [0.1, 0.15) is 15.9 Å². The van der Waals surface area contributed by atoms with Crippen molar-refractivity contribution in [2.75, 3.05) is 7.11 Å². The van der Waals surface area contributed by atoms with Gasteiger partial charge in [-0.15, -0.1) is 0 Å². The van der Waals surface area contributed by atoms with E-state index in [1.165, 1.54) is 13.2 Å². The summed E-state index contributed by atoms with van der Waals surface area (Å²) in [7, 11) is 1.48. The second-order valence-electron chi connectivity index (χ2n) is 5.00. The second kappa shape index (κ2) is 6.30. The summed E-state index contributed by atoms with van der Waals surface area (Å²) in [4.78, 5) is 15.5. The van der Waals surface area contributed by atoms with Crippen LogP contribution in [0.4, 0.5) is 0 Å². The number of aromatic amines is 1. The smallest absolute Gasteiger partial charge is 0.187 e. The minimum atomic E-state index is -0.0920. The SMILES string of the molecule is COc1cc(/C=C/C(=O)c2c[nH]c3ccccc23)cc(Br)c1O. The molecule has 0 atom stereocenters. The van der Waals surface area contributed by atoms with Crippen molar-refractivity contribution in [1.82, 2.24) is 4.98 Å². The van der Waals surface area contributed by atoms with Gasteiger partial charge in [-0.25, -0.2) is 0 Å². The van der Waals surface area contributed by atoms with Gasteiger partial charge in [-0.3, -0.25) is 4.79 Å². The summed E-state index contributed by atoms with van der Waals surface area (Å²) in [6, 6.07) is 11.0. The average molecular weight is 372 g/mol. The molecule has 3 rings (SSSR count). The number of carbonyl (C=O) groups is 1. The fourth-order valence-electron chi connectivity index (χ4n) is 2.38. The number of ketones is 1. The Morgan fingerprint density at radius 3 is 2.87 bits per heavy atom. The largest absolute Gasteiger partial charge is 0.503 e. The first-order chi connectivity index (χ1) is 11.1. The molecule has 0 fully saturated rings. The molecular weight excluding hydrogens is 358 g/mol. The molecule has 0 aliphatic rings. The van der Waals surface area contributed by atoms with Crippen LogP contribution in [-0.2, 0) is 0 Å². The minimum absolute atomic E-state index is 0.0348. The predicted molar refractivity (Wildman–Crippen MR) is 94.0 cm³/mol. The Balaban J connectivity index is 1.91. The number of hydrogen-bond acceptors (Lipinski definition) is 3. The van der Waals surface area contributed by atoms with Crippen LogP contribution in [0.5, 0.6) is 11.5 Å². The number of carbonyl (C=O) groups excluding carboxylic acids is 1. The van der Waals surface area contributed by atoms with Gasteiger partial charge in [0, 0.05) is 22.7 Å². The summed E-state index contributed by atoms with van der Waals surface area (Å²) in [6.07, 6.45) is 4.91. The lowest BCUT2D eigenvalue weighted by atomic mass is 10.1. The number of rotatable bonds is 4. The maximum absolute atomic E-state index is 12.4. The zero-order valence-electron chi connectivity index (χ0n) is 12.3. The van der Waals surface area contributed by atoms with Gasteiger partial charge in [0.15, 0.2) is 17.3 Å². The Morgan fingerprint density at radius 2 is 2.09 bits per heavy atom. The van der Waals surface area contributed by atoms with Gasteiger partial charge in [-0.2, -0.15) is 0 Å². The van der Waals surface area contributed by atoms with E-state index in [1.54, 1.807) is 24.4 Å². The van der Waals surface area contributed by atoms with Crippen molar-refractivity contribution in [3.05, 3.63) is 64.3 Å². The number of benzene rings is 2. The summed E-state index contributed by atoms with van der Waals surface area (Å²) in [6.45, 7) is 0. The molecule has 116 valence electrons. The number of allylic oxidation sites excluding steroid dienone is 1. The van der Waals surface area contributed by atoms with Crippen LogP contribution in [0, 0.1) is 0 Å². The number of ether oxygens (including phenoxy) is 1. The Morgan fingerprint density at radius 1 is 1.30 bits per heavy atom.